The average Bonchev–Trinajstić information content (AvgIpc) is 1.53. The zero-order valence-corrected chi connectivity index (χ0v) is 8.48. The van der Waals surface area contributed by atoms with Crippen LogP contribution in [0.4, 0.5) is 0 Å². The first-order valence-corrected chi connectivity index (χ1v) is 4.54. The molecule has 0 aromatic heterocycles. The van der Waals surface area contributed by atoms with Gasteiger partial charge in [-0.3, -0.25) is 0 Å². The molecule has 0 saturated carbocycles. The van der Waals surface area contributed by atoms with Crippen LogP contribution in [0.15, 0.2) is 0 Å². The topological polar surface area (TPSA) is 19.9 Å². The Labute approximate surface area is 70.8 Å². The summed E-state index contributed by atoms with van der Waals surface area (Å²) in [6, 6.07) is 0. The minimum absolute atomic E-state index is 0.524. The molecule has 0 rings (SSSR count). The standard InChI is InChI=1S/C10H21O/c1-8(2)6-10(5,11)7-9(3)4/h8-9H,6-7H2,1-5H3. The van der Waals surface area contributed by atoms with E-state index in [9.17, 15) is 5.11 Å². The molecule has 0 atom stereocenters. The molecule has 0 aliphatic rings. The zero-order chi connectivity index (χ0) is 9.07. The smallest absolute Gasteiger partial charge is 0.101 e. The SMILES string of the molecule is CC(C)CC(C)([O])CC(C)C. The highest BCUT2D eigenvalue weighted by Gasteiger charge is 2.24. The molecule has 0 aromatic rings. The van der Waals surface area contributed by atoms with Gasteiger partial charge < -0.3 is 0 Å². The van der Waals surface area contributed by atoms with Crippen molar-refractivity contribution in [2.45, 2.75) is 53.1 Å². The van der Waals surface area contributed by atoms with Gasteiger partial charge in [0.05, 0.1) is 0 Å². The minimum atomic E-state index is -0.706. The molecule has 0 bridgehead atoms. The molecule has 0 unspecified atom stereocenters. The van der Waals surface area contributed by atoms with Crippen LogP contribution < -0.4 is 0 Å². The lowest BCUT2D eigenvalue weighted by Gasteiger charge is -2.24. The predicted molar refractivity (Wildman–Crippen MR) is 48.0 cm³/mol. The van der Waals surface area contributed by atoms with E-state index >= 15 is 0 Å². The highest BCUT2D eigenvalue weighted by atomic mass is 16.3. The van der Waals surface area contributed by atoms with Gasteiger partial charge in [-0.15, -0.1) is 0 Å². The fourth-order valence-electron chi connectivity index (χ4n) is 1.81. The monoisotopic (exact) mass is 157 g/mol. The maximum atomic E-state index is 11.7. The second kappa shape index (κ2) is 4.10. The van der Waals surface area contributed by atoms with Crippen molar-refractivity contribution in [2.75, 3.05) is 0 Å². The predicted octanol–water partition coefficient (Wildman–Crippen LogP) is 3.27. The van der Waals surface area contributed by atoms with Crippen molar-refractivity contribution in [3.05, 3.63) is 0 Å². The van der Waals surface area contributed by atoms with Gasteiger partial charge in [0.25, 0.3) is 0 Å². The van der Waals surface area contributed by atoms with Gasteiger partial charge in [0.15, 0.2) is 0 Å². The Hall–Kier alpha value is -0.0400. The molecule has 0 aliphatic carbocycles. The van der Waals surface area contributed by atoms with E-state index in [1.807, 2.05) is 6.92 Å². The molecule has 0 fully saturated rings. The molecule has 0 aromatic carbocycles. The van der Waals surface area contributed by atoms with E-state index in [0.717, 1.165) is 12.8 Å². The molecule has 1 heteroatoms. The lowest BCUT2D eigenvalue weighted by atomic mass is 9.87. The summed E-state index contributed by atoms with van der Waals surface area (Å²) in [5.74, 6) is 1.05. The van der Waals surface area contributed by atoms with E-state index in [0.29, 0.717) is 11.8 Å². The first-order chi connectivity index (χ1) is 4.83. The molecule has 1 nitrogen and oxygen atoms in total. The normalized spacial score (nSPS) is 13.1. The summed E-state index contributed by atoms with van der Waals surface area (Å²) >= 11 is 0. The van der Waals surface area contributed by atoms with Crippen LogP contribution in [0.5, 0.6) is 0 Å². The van der Waals surface area contributed by atoms with E-state index in [1.54, 1.807) is 0 Å². The van der Waals surface area contributed by atoms with Crippen LogP contribution in [0.3, 0.4) is 0 Å². The first-order valence-electron chi connectivity index (χ1n) is 4.54. The Balaban J connectivity index is 3.79. The van der Waals surface area contributed by atoms with Crippen LogP contribution in [0.1, 0.15) is 47.5 Å². The quantitative estimate of drug-likeness (QED) is 0.597. The van der Waals surface area contributed by atoms with E-state index in [4.69, 9.17) is 0 Å². The summed E-state index contributed by atoms with van der Waals surface area (Å²) < 4.78 is 0. The van der Waals surface area contributed by atoms with Gasteiger partial charge in [-0.05, 0) is 31.6 Å². The lowest BCUT2D eigenvalue weighted by Crippen LogP contribution is -2.26. The molecule has 0 N–H and O–H groups in total. The van der Waals surface area contributed by atoms with Crippen LogP contribution in [-0.4, -0.2) is 5.60 Å². The van der Waals surface area contributed by atoms with Crippen molar-refractivity contribution >= 4 is 0 Å². The van der Waals surface area contributed by atoms with E-state index in [2.05, 4.69) is 27.7 Å². The van der Waals surface area contributed by atoms with Gasteiger partial charge in [-0.2, -0.15) is 0 Å². The van der Waals surface area contributed by atoms with Crippen LogP contribution in [0.25, 0.3) is 0 Å². The van der Waals surface area contributed by atoms with Crippen LogP contribution >= 0.6 is 0 Å². The van der Waals surface area contributed by atoms with Gasteiger partial charge in [0.1, 0.15) is 5.60 Å². The number of hydrogen-bond acceptors (Lipinski definition) is 0. The van der Waals surface area contributed by atoms with Crippen molar-refractivity contribution < 1.29 is 5.11 Å². The molecular formula is C10H21O. The van der Waals surface area contributed by atoms with Crippen LogP contribution in [-0.2, 0) is 5.11 Å². The fraction of sp³-hybridized carbons (Fsp3) is 1.00. The van der Waals surface area contributed by atoms with Gasteiger partial charge in [0.2, 0.25) is 0 Å². The van der Waals surface area contributed by atoms with E-state index < -0.39 is 5.60 Å². The van der Waals surface area contributed by atoms with Crippen molar-refractivity contribution in [1.29, 1.82) is 0 Å². The molecule has 0 aliphatic heterocycles. The van der Waals surface area contributed by atoms with Gasteiger partial charge >= 0.3 is 0 Å². The molecular weight excluding hydrogens is 136 g/mol. The maximum absolute atomic E-state index is 11.7. The van der Waals surface area contributed by atoms with Crippen molar-refractivity contribution in [3.8, 4) is 0 Å². The third-order valence-corrected chi connectivity index (χ3v) is 1.68. The number of hydrogen-bond donors (Lipinski definition) is 0. The summed E-state index contributed by atoms with van der Waals surface area (Å²) in [4.78, 5) is 0. The lowest BCUT2D eigenvalue weighted by molar-refractivity contribution is -0.0450. The fourth-order valence-corrected chi connectivity index (χ4v) is 1.81. The van der Waals surface area contributed by atoms with Gasteiger partial charge in [0, 0.05) is 0 Å². The molecule has 0 saturated heterocycles. The molecule has 0 heterocycles. The van der Waals surface area contributed by atoms with Crippen molar-refractivity contribution in [2.24, 2.45) is 11.8 Å². The van der Waals surface area contributed by atoms with Crippen LogP contribution in [0, 0.1) is 11.8 Å². The highest BCUT2D eigenvalue weighted by Crippen LogP contribution is 2.24. The Bertz CT molecular complexity index is 91.4. The third-order valence-electron chi connectivity index (χ3n) is 1.68. The maximum Gasteiger partial charge on any atom is 0.101 e. The average molecular weight is 157 g/mol. The third kappa shape index (κ3) is 6.36. The highest BCUT2D eigenvalue weighted by molar-refractivity contribution is 4.74. The number of rotatable bonds is 4. The van der Waals surface area contributed by atoms with Gasteiger partial charge in [-0.1, -0.05) is 27.7 Å². The van der Waals surface area contributed by atoms with Crippen molar-refractivity contribution in [3.63, 3.8) is 0 Å². The molecule has 67 valence electrons. The second-order valence-corrected chi connectivity index (χ2v) is 4.65. The zero-order valence-electron chi connectivity index (χ0n) is 8.48. The largest absolute Gasteiger partial charge is 0.230 e. The summed E-state index contributed by atoms with van der Waals surface area (Å²) in [6.45, 7) is 10.3. The molecule has 0 amide bonds. The Morgan fingerprint density at radius 3 is 1.45 bits per heavy atom. The molecule has 11 heavy (non-hydrogen) atoms. The Morgan fingerprint density at radius 1 is 1.00 bits per heavy atom. The summed E-state index contributed by atoms with van der Waals surface area (Å²) in [5, 5.41) is 11.7. The summed E-state index contributed by atoms with van der Waals surface area (Å²) in [5.41, 5.74) is -0.706. The van der Waals surface area contributed by atoms with Crippen LogP contribution in [0.2, 0.25) is 0 Å². The Morgan fingerprint density at radius 2 is 1.27 bits per heavy atom. The van der Waals surface area contributed by atoms with E-state index in [1.165, 1.54) is 0 Å². The molecule has 0 spiro atoms. The minimum Gasteiger partial charge on any atom is -0.230 e. The summed E-state index contributed by atoms with van der Waals surface area (Å²) in [7, 11) is 0. The summed E-state index contributed by atoms with van der Waals surface area (Å²) in [6.07, 6.45) is 1.59. The van der Waals surface area contributed by atoms with Crippen molar-refractivity contribution in [1.82, 2.24) is 0 Å². The first kappa shape index (κ1) is 11.0. The van der Waals surface area contributed by atoms with Gasteiger partial charge in [-0.25, -0.2) is 5.11 Å². The Kier molecular flexibility index (Phi) is 4.09. The molecule has 1 radical (unpaired) electrons. The second-order valence-electron chi connectivity index (χ2n) is 4.65. The van der Waals surface area contributed by atoms with E-state index in [-0.39, 0.29) is 0 Å².